The van der Waals surface area contributed by atoms with E-state index in [2.05, 4.69) is 20.2 Å². The minimum atomic E-state index is -0.371. The molecule has 1 amide bonds. The summed E-state index contributed by atoms with van der Waals surface area (Å²) in [4.78, 5) is 38.0. The summed E-state index contributed by atoms with van der Waals surface area (Å²) in [5.41, 5.74) is 4.98. The summed E-state index contributed by atoms with van der Waals surface area (Å²) in [6, 6.07) is 22.9. The van der Waals surface area contributed by atoms with Crippen molar-refractivity contribution in [3.8, 4) is 11.1 Å². The largest absolute Gasteiger partial charge is 0.465 e. The molecule has 8 nitrogen and oxygen atoms in total. The summed E-state index contributed by atoms with van der Waals surface area (Å²) < 4.78 is 4.97. The van der Waals surface area contributed by atoms with Crippen LogP contribution in [0.1, 0.15) is 26.3 Å². The van der Waals surface area contributed by atoms with Crippen LogP contribution in [0.3, 0.4) is 0 Å². The van der Waals surface area contributed by atoms with Crippen molar-refractivity contribution < 1.29 is 14.3 Å². The monoisotopic (exact) mass is 507 g/mol. The molecule has 5 rings (SSSR count). The fourth-order valence-corrected chi connectivity index (χ4v) is 4.66. The van der Waals surface area contributed by atoms with E-state index in [1.807, 2.05) is 71.6 Å². The molecule has 192 valence electrons. The normalized spacial score (nSPS) is 13.2. The van der Waals surface area contributed by atoms with Gasteiger partial charge in [0.2, 0.25) is 0 Å². The SMILES string of the molecule is COC(=O)c1ccccc1-c1ccccc1CNc1ccc(C(=O)N2CCN(c3ccncc3)CC2)cn1. The van der Waals surface area contributed by atoms with Crippen LogP contribution >= 0.6 is 0 Å². The first-order valence-electron chi connectivity index (χ1n) is 12.5. The minimum Gasteiger partial charge on any atom is -0.465 e. The number of aromatic nitrogens is 2. The standard InChI is InChI=1S/C30H29N5O3/c1-38-30(37)27-9-5-4-8-26(27)25-7-3-2-6-22(25)20-32-28-11-10-23(21-33-28)29(36)35-18-16-34(17-19-35)24-12-14-31-15-13-24/h2-15,21H,16-20H2,1H3,(H,32,33). The minimum absolute atomic E-state index is 0.0109. The first kappa shape index (κ1) is 25.0. The summed E-state index contributed by atoms with van der Waals surface area (Å²) >= 11 is 0. The molecule has 1 saturated heterocycles. The maximum Gasteiger partial charge on any atom is 0.338 e. The van der Waals surface area contributed by atoms with Gasteiger partial charge in [-0.3, -0.25) is 9.78 Å². The molecular formula is C30H29N5O3. The molecule has 2 aromatic heterocycles. The van der Waals surface area contributed by atoms with Gasteiger partial charge in [-0.05, 0) is 47.0 Å². The van der Waals surface area contributed by atoms with Crippen molar-refractivity contribution in [3.05, 3.63) is 108 Å². The van der Waals surface area contributed by atoms with Crippen molar-refractivity contribution >= 4 is 23.4 Å². The number of nitrogens with zero attached hydrogens (tertiary/aromatic N) is 4. The van der Waals surface area contributed by atoms with E-state index in [0.29, 0.717) is 36.6 Å². The molecule has 0 radical (unpaired) electrons. The summed E-state index contributed by atoms with van der Waals surface area (Å²) in [6.07, 6.45) is 5.19. The van der Waals surface area contributed by atoms with E-state index in [4.69, 9.17) is 4.74 Å². The van der Waals surface area contributed by atoms with Crippen molar-refractivity contribution in [3.63, 3.8) is 0 Å². The molecule has 38 heavy (non-hydrogen) atoms. The fourth-order valence-electron chi connectivity index (χ4n) is 4.66. The van der Waals surface area contributed by atoms with Gasteiger partial charge in [-0.2, -0.15) is 0 Å². The van der Waals surface area contributed by atoms with E-state index in [9.17, 15) is 9.59 Å². The summed E-state index contributed by atoms with van der Waals surface area (Å²) in [7, 11) is 1.38. The van der Waals surface area contributed by atoms with Gasteiger partial charge in [0, 0.05) is 57.0 Å². The van der Waals surface area contributed by atoms with Gasteiger partial charge in [0.15, 0.2) is 0 Å². The van der Waals surface area contributed by atoms with Gasteiger partial charge in [0.05, 0.1) is 18.2 Å². The van der Waals surface area contributed by atoms with Crippen LogP contribution in [0.2, 0.25) is 0 Å². The van der Waals surface area contributed by atoms with Crippen LogP contribution in [-0.2, 0) is 11.3 Å². The molecule has 8 heteroatoms. The zero-order chi connectivity index (χ0) is 26.3. The predicted molar refractivity (Wildman–Crippen MR) is 147 cm³/mol. The lowest BCUT2D eigenvalue weighted by Gasteiger charge is -2.36. The van der Waals surface area contributed by atoms with E-state index in [-0.39, 0.29) is 11.9 Å². The van der Waals surface area contributed by atoms with Gasteiger partial charge in [0.1, 0.15) is 5.82 Å². The Hall–Kier alpha value is -4.72. The Labute approximate surface area is 221 Å². The number of hydrogen-bond acceptors (Lipinski definition) is 7. The molecule has 0 saturated carbocycles. The van der Waals surface area contributed by atoms with E-state index < -0.39 is 0 Å². The lowest BCUT2D eigenvalue weighted by atomic mass is 9.95. The van der Waals surface area contributed by atoms with Crippen molar-refractivity contribution in [2.75, 3.05) is 43.5 Å². The highest BCUT2D eigenvalue weighted by Gasteiger charge is 2.22. The Bertz CT molecular complexity index is 1400. The van der Waals surface area contributed by atoms with E-state index in [0.717, 1.165) is 35.5 Å². The number of methoxy groups -OCH3 is 1. The average Bonchev–Trinajstić information content (AvgIpc) is 3.00. The molecule has 2 aromatic carbocycles. The molecule has 0 atom stereocenters. The van der Waals surface area contributed by atoms with Crippen LogP contribution in [-0.4, -0.2) is 60.0 Å². The molecule has 0 aliphatic carbocycles. The van der Waals surface area contributed by atoms with Gasteiger partial charge >= 0.3 is 5.97 Å². The van der Waals surface area contributed by atoms with Crippen LogP contribution in [0.15, 0.2) is 91.4 Å². The average molecular weight is 508 g/mol. The van der Waals surface area contributed by atoms with Crippen molar-refractivity contribution in [1.29, 1.82) is 0 Å². The number of carbonyl (C=O) groups is 2. The number of benzene rings is 2. The summed E-state index contributed by atoms with van der Waals surface area (Å²) in [5.74, 6) is 0.285. The number of amides is 1. The number of nitrogens with one attached hydrogen (secondary N) is 1. The van der Waals surface area contributed by atoms with Crippen LogP contribution < -0.4 is 10.2 Å². The van der Waals surface area contributed by atoms with Crippen molar-refractivity contribution in [2.45, 2.75) is 6.54 Å². The second-order valence-electron chi connectivity index (χ2n) is 8.96. The highest BCUT2D eigenvalue weighted by Crippen LogP contribution is 2.28. The quantitative estimate of drug-likeness (QED) is 0.369. The molecule has 1 aliphatic heterocycles. The number of rotatable bonds is 7. The van der Waals surface area contributed by atoms with E-state index in [1.165, 1.54) is 7.11 Å². The third-order valence-corrected chi connectivity index (χ3v) is 6.71. The van der Waals surface area contributed by atoms with Gasteiger partial charge in [-0.15, -0.1) is 0 Å². The second kappa shape index (κ2) is 11.6. The van der Waals surface area contributed by atoms with Crippen LogP contribution in [0, 0.1) is 0 Å². The Morgan fingerprint density at radius 3 is 2.29 bits per heavy atom. The summed E-state index contributed by atoms with van der Waals surface area (Å²) in [6.45, 7) is 3.38. The number of pyridine rings is 2. The summed E-state index contributed by atoms with van der Waals surface area (Å²) in [5, 5.41) is 3.34. The topological polar surface area (TPSA) is 87.7 Å². The van der Waals surface area contributed by atoms with Crippen LogP contribution in [0.4, 0.5) is 11.5 Å². The number of carbonyl (C=O) groups excluding carboxylic acids is 2. The van der Waals surface area contributed by atoms with E-state index >= 15 is 0 Å². The molecular weight excluding hydrogens is 478 g/mol. The number of esters is 1. The van der Waals surface area contributed by atoms with Gasteiger partial charge in [0.25, 0.3) is 5.91 Å². The Morgan fingerprint density at radius 1 is 0.868 bits per heavy atom. The molecule has 0 spiro atoms. The van der Waals surface area contributed by atoms with Crippen LogP contribution in [0.5, 0.6) is 0 Å². The zero-order valence-electron chi connectivity index (χ0n) is 21.2. The number of hydrogen-bond donors (Lipinski definition) is 1. The fraction of sp³-hybridized carbons (Fsp3) is 0.200. The third kappa shape index (κ3) is 5.49. The molecule has 1 N–H and O–H groups in total. The lowest BCUT2D eigenvalue weighted by Crippen LogP contribution is -2.48. The highest BCUT2D eigenvalue weighted by atomic mass is 16.5. The van der Waals surface area contributed by atoms with Gasteiger partial charge in [-0.25, -0.2) is 9.78 Å². The maximum atomic E-state index is 13.0. The maximum absolute atomic E-state index is 13.0. The Balaban J connectivity index is 1.22. The Morgan fingerprint density at radius 2 is 1.58 bits per heavy atom. The molecule has 1 fully saturated rings. The van der Waals surface area contributed by atoms with Crippen molar-refractivity contribution in [1.82, 2.24) is 14.9 Å². The molecule has 3 heterocycles. The van der Waals surface area contributed by atoms with Crippen LogP contribution in [0.25, 0.3) is 11.1 Å². The van der Waals surface area contributed by atoms with Crippen molar-refractivity contribution in [2.24, 2.45) is 0 Å². The molecule has 4 aromatic rings. The van der Waals surface area contributed by atoms with E-state index in [1.54, 1.807) is 24.7 Å². The number of piperazine rings is 1. The highest BCUT2D eigenvalue weighted by molar-refractivity contribution is 5.97. The predicted octanol–water partition coefficient (Wildman–Crippen LogP) is 4.50. The number of ether oxygens (including phenoxy) is 1. The lowest BCUT2D eigenvalue weighted by molar-refractivity contribution is 0.0601. The zero-order valence-corrected chi connectivity index (χ0v) is 21.2. The Kier molecular flexibility index (Phi) is 7.59. The molecule has 0 bridgehead atoms. The number of anilines is 2. The molecule has 1 aliphatic rings. The first-order chi connectivity index (χ1) is 18.6. The third-order valence-electron chi connectivity index (χ3n) is 6.71. The second-order valence-corrected chi connectivity index (χ2v) is 8.96. The molecule has 0 unspecified atom stereocenters. The van der Waals surface area contributed by atoms with Gasteiger partial charge in [-0.1, -0.05) is 42.5 Å². The smallest absolute Gasteiger partial charge is 0.338 e. The van der Waals surface area contributed by atoms with Gasteiger partial charge < -0.3 is 19.9 Å². The first-order valence-corrected chi connectivity index (χ1v) is 12.5.